The van der Waals surface area contributed by atoms with Crippen molar-refractivity contribution >= 4 is 17.3 Å². The van der Waals surface area contributed by atoms with Gasteiger partial charge in [-0.05, 0) is 13.1 Å². The number of hydrogen-bond donors (Lipinski definition) is 1. The van der Waals surface area contributed by atoms with E-state index in [-0.39, 0.29) is 12.5 Å². The van der Waals surface area contributed by atoms with Gasteiger partial charge in [0.05, 0.1) is 18.0 Å². The number of hydrogen-bond acceptors (Lipinski definition) is 4. The zero-order valence-electron chi connectivity index (χ0n) is 9.01. The molecule has 0 aliphatic rings. The predicted molar refractivity (Wildman–Crippen MR) is 60.0 cm³/mol. The average molecular weight is 228 g/mol. The van der Waals surface area contributed by atoms with Gasteiger partial charge in [0, 0.05) is 11.1 Å². The zero-order chi connectivity index (χ0) is 11.3. The van der Waals surface area contributed by atoms with Crippen molar-refractivity contribution in [3.8, 4) is 0 Å². The molecule has 0 aliphatic carbocycles. The van der Waals surface area contributed by atoms with Crippen LogP contribution < -0.4 is 0 Å². The third-order valence-corrected chi connectivity index (χ3v) is 3.28. The SMILES string of the molecule is CCN(CC)C(CC(=O)O)c1cncs1. The number of carboxylic acids is 1. The van der Waals surface area contributed by atoms with Crippen molar-refractivity contribution in [1.82, 2.24) is 9.88 Å². The summed E-state index contributed by atoms with van der Waals surface area (Å²) in [4.78, 5) is 18.0. The van der Waals surface area contributed by atoms with Crippen molar-refractivity contribution in [3.63, 3.8) is 0 Å². The highest BCUT2D eigenvalue weighted by molar-refractivity contribution is 7.09. The van der Waals surface area contributed by atoms with Gasteiger partial charge in [-0.15, -0.1) is 11.3 Å². The minimum absolute atomic E-state index is 0.0370. The van der Waals surface area contributed by atoms with Crippen LogP contribution in [0.15, 0.2) is 11.7 Å². The zero-order valence-corrected chi connectivity index (χ0v) is 9.83. The molecule has 4 nitrogen and oxygen atoms in total. The summed E-state index contributed by atoms with van der Waals surface area (Å²) in [6.45, 7) is 5.79. The Labute approximate surface area is 93.6 Å². The molecule has 1 rings (SSSR count). The van der Waals surface area contributed by atoms with E-state index in [0.717, 1.165) is 18.0 Å². The monoisotopic (exact) mass is 228 g/mol. The second-order valence-corrected chi connectivity index (χ2v) is 4.16. The van der Waals surface area contributed by atoms with Gasteiger partial charge >= 0.3 is 5.97 Å². The van der Waals surface area contributed by atoms with Crippen LogP contribution in [-0.2, 0) is 4.79 Å². The molecule has 1 N–H and O–H groups in total. The Morgan fingerprint density at radius 2 is 2.27 bits per heavy atom. The van der Waals surface area contributed by atoms with Crippen LogP contribution >= 0.6 is 11.3 Å². The largest absolute Gasteiger partial charge is 0.481 e. The first kappa shape index (κ1) is 12.1. The molecular weight excluding hydrogens is 212 g/mol. The summed E-state index contributed by atoms with van der Waals surface area (Å²) in [5.74, 6) is -0.764. The van der Waals surface area contributed by atoms with Gasteiger partial charge in [0.25, 0.3) is 0 Å². The Bertz CT molecular complexity index is 296. The molecule has 0 aliphatic heterocycles. The number of aromatic nitrogens is 1. The highest BCUT2D eigenvalue weighted by Gasteiger charge is 2.22. The second kappa shape index (κ2) is 5.82. The first-order chi connectivity index (χ1) is 7.19. The van der Waals surface area contributed by atoms with Crippen molar-refractivity contribution in [2.45, 2.75) is 26.3 Å². The van der Waals surface area contributed by atoms with Gasteiger partial charge in [0.2, 0.25) is 0 Å². The van der Waals surface area contributed by atoms with Crippen LogP contribution in [0, 0.1) is 0 Å². The van der Waals surface area contributed by atoms with E-state index in [1.165, 1.54) is 11.3 Å². The summed E-state index contributed by atoms with van der Waals surface area (Å²) in [6.07, 6.45) is 1.90. The first-order valence-electron chi connectivity index (χ1n) is 5.03. The highest BCUT2D eigenvalue weighted by atomic mass is 32.1. The van der Waals surface area contributed by atoms with Crippen LogP contribution in [0.1, 0.15) is 31.2 Å². The quantitative estimate of drug-likeness (QED) is 0.809. The van der Waals surface area contributed by atoms with Crippen LogP contribution in [0.5, 0.6) is 0 Å². The first-order valence-corrected chi connectivity index (χ1v) is 5.91. The van der Waals surface area contributed by atoms with Crippen molar-refractivity contribution in [2.75, 3.05) is 13.1 Å². The molecule has 1 atom stereocenters. The maximum atomic E-state index is 10.8. The lowest BCUT2D eigenvalue weighted by atomic mass is 10.1. The molecule has 1 heterocycles. The molecule has 0 saturated heterocycles. The normalized spacial score (nSPS) is 13.0. The fourth-order valence-electron chi connectivity index (χ4n) is 1.63. The van der Waals surface area contributed by atoms with E-state index >= 15 is 0 Å². The minimum Gasteiger partial charge on any atom is -0.481 e. The summed E-state index contributed by atoms with van der Waals surface area (Å²) in [5, 5.41) is 8.88. The van der Waals surface area contributed by atoms with Crippen molar-refractivity contribution < 1.29 is 9.90 Å². The third kappa shape index (κ3) is 3.28. The highest BCUT2D eigenvalue weighted by Crippen LogP contribution is 2.26. The fraction of sp³-hybridized carbons (Fsp3) is 0.600. The van der Waals surface area contributed by atoms with Gasteiger partial charge in [-0.25, -0.2) is 0 Å². The van der Waals surface area contributed by atoms with Crippen LogP contribution in [-0.4, -0.2) is 34.0 Å². The summed E-state index contributed by atoms with van der Waals surface area (Å²) >= 11 is 1.52. The molecule has 0 saturated carbocycles. The molecule has 84 valence electrons. The van der Waals surface area contributed by atoms with Gasteiger partial charge in [0.15, 0.2) is 0 Å². The molecule has 0 bridgehead atoms. The van der Waals surface area contributed by atoms with E-state index < -0.39 is 5.97 Å². The molecule has 0 radical (unpaired) electrons. The summed E-state index contributed by atoms with van der Waals surface area (Å²) in [5.41, 5.74) is 1.74. The van der Waals surface area contributed by atoms with E-state index in [2.05, 4.69) is 9.88 Å². The predicted octanol–water partition coefficient (Wildman–Crippen LogP) is 2.00. The standard InChI is InChI=1S/C10H16N2O2S/c1-3-12(4-2)8(5-10(13)14)9-6-11-7-15-9/h6-8H,3-5H2,1-2H3,(H,13,14). The van der Waals surface area contributed by atoms with Crippen LogP contribution in [0.4, 0.5) is 0 Å². The Kier molecular flexibility index (Phi) is 4.71. The average Bonchev–Trinajstić information content (AvgIpc) is 2.70. The van der Waals surface area contributed by atoms with Crippen LogP contribution in [0.3, 0.4) is 0 Å². The molecule has 0 aromatic carbocycles. The maximum Gasteiger partial charge on any atom is 0.305 e. The number of aliphatic carboxylic acids is 1. The van der Waals surface area contributed by atoms with Gasteiger partial charge < -0.3 is 5.11 Å². The number of carboxylic acid groups (broad SMARTS) is 1. The van der Waals surface area contributed by atoms with E-state index in [1.807, 2.05) is 13.8 Å². The van der Waals surface area contributed by atoms with Crippen molar-refractivity contribution in [2.24, 2.45) is 0 Å². The van der Waals surface area contributed by atoms with E-state index in [0.29, 0.717) is 0 Å². The summed E-state index contributed by atoms with van der Waals surface area (Å²) < 4.78 is 0. The maximum absolute atomic E-state index is 10.8. The molecule has 1 unspecified atom stereocenters. The lowest BCUT2D eigenvalue weighted by Gasteiger charge is -2.27. The minimum atomic E-state index is -0.764. The van der Waals surface area contributed by atoms with E-state index in [4.69, 9.17) is 5.11 Å². The summed E-state index contributed by atoms with van der Waals surface area (Å²) in [6, 6.07) is -0.0370. The number of nitrogens with zero attached hydrogens (tertiary/aromatic N) is 2. The van der Waals surface area contributed by atoms with Gasteiger partial charge in [-0.2, -0.15) is 0 Å². The lowest BCUT2D eigenvalue weighted by Crippen LogP contribution is -2.29. The Hall–Kier alpha value is -0.940. The Balaban J connectivity index is 2.82. The molecule has 1 aromatic heterocycles. The summed E-state index contributed by atoms with van der Waals surface area (Å²) in [7, 11) is 0. The molecule has 0 fully saturated rings. The van der Waals surface area contributed by atoms with Crippen molar-refractivity contribution in [1.29, 1.82) is 0 Å². The fourth-order valence-corrected chi connectivity index (χ4v) is 2.38. The Morgan fingerprint density at radius 1 is 1.60 bits per heavy atom. The lowest BCUT2D eigenvalue weighted by molar-refractivity contribution is -0.138. The molecule has 1 aromatic rings. The third-order valence-electron chi connectivity index (χ3n) is 2.40. The molecular formula is C10H16N2O2S. The molecule has 5 heteroatoms. The van der Waals surface area contributed by atoms with E-state index in [9.17, 15) is 4.79 Å². The second-order valence-electron chi connectivity index (χ2n) is 3.24. The topological polar surface area (TPSA) is 53.4 Å². The number of rotatable bonds is 6. The molecule has 0 amide bonds. The number of carbonyl (C=O) groups is 1. The Morgan fingerprint density at radius 3 is 2.67 bits per heavy atom. The molecule has 0 spiro atoms. The van der Waals surface area contributed by atoms with Crippen molar-refractivity contribution in [3.05, 3.63) is 16.6 Å². The van der Waals surface area contributed by atoms with Gasteiger partial charge in [0.1, 0.15) is 0 Å². The van der Waals surface area contributed by atoms with Crippen LogP contribution in [0.25, 0.3) is 0 Å². The number of thiazole rings is 1. The smallest absolute Gasteiger partial charge is 0.305 e. The van der Waals surface area contributed by atoms with Gasteiger partial charge in [-0.3, -0.25) is 14.7 Å². The van der Waals surface area contributed by atoms with Crippen LogP contribution in [0.2, 0.25) is 0 Å². The molecule has 15 heavy (non-hydrogen) atoms. The van der Waals surface area contributed by atoms with Gasteiger partial charge in [-0.1, -0.05) is 13.8 Å². The van der Waals surface area contributed by atoms with E-state index in [1.54, 1.807) is 11.7 Å².